The van der Waals surface area contributed by atoms with E-state index in [9.17, 15) is 9.59 Å². The van der Waals surface area contributed by atoms with Crippen molar-refractivity contribution in [3.8, 4) is 0 Å². The van der Waals surface area contributed by atoms with E-state index in [0.717, 1.165) is 10.0 Å². The number of halogens is 1. The molecule has 2 N–H and O–H groups in total. The predicted octanol–water partition coefficient (Wildman–Crippen LogP) is 4.40. The summed E-state index contributed by atoms with van der Waals surface area (Å²) in [6.07, 6.45) is 0. The molecule has 2 rings (SSSR count). The first-order valence-corrected chi connectivity index (χ1v) is 8.62. The molecular formula is C19H21BrN2O2. The number of benzene rings is 2. The van der Waals surface area contributed by atoms with Crippen LogP contribution in [0.5, 0.6) is 0 Å². The molecule has 0 unspecified atom stereocenters. The minimum Gasteiger partial charge on any atom is -0.352 e. The zero-order chi connectivity index (χ0) is 17.7. The van der Waals surface area contributed by atoms with Gasteiger partial charge >= 0.3 is 0 Å². The molecule has 126 valence electrons. The lowest BCUT2D eigenvalue weighted by molar-refractivity contribution is 0.0948. The number of carbonyl (C=O) groups excluding carboxylic acids is 2. The number of anilines is 1. The van der Waals surface area contributed by atoms with Crippen molar-refractivity contribution in [3.63, 3.8) is 0 Å². The second kappa shape index (κ2) is 8.11. The largest absolute Gasteiger partial charge is 0.352 e. The third kappa shape index (κ3) is 4.68. The van der Waals surface area contributed by atoms with E-state index in [0.29, 0.717) is 29.3 Å². The van der Waals surface area contributed by atoms with Crippen LogP contribution in [-0.2, 0) is 0 Å². The van der Waals surface area contributed by atoms with Crippen molar-refractivity contribution in [2.24, 2.45) is 5.92 Å². The normalized spacial score (nSPS) is 10.5. The van der Waals surface area contributed by atoms with E-state index in [1.165, 1.54) is 0 Å². The Kier molecular flexibility index (Phi) is 6.15. The first kappa shape index (κ1) is 18.2. The van der Waals surface area contributed by atoms with Gasteiger partial charge in [-0.05, 0) is 64.7 Å². The molecule has 0 aliphatic carbocycles. The van der Waals surface area contributed by atoms with Gasteiger partial charge in [0.05, 0.1) is 5.56 Å². The van der Waals surface area contributed by atoms with Gasteiger partial charge in [0.25, 0.3) is 11.8 Å². The van der Waals surface area contributed by atoms with E-state index in [2.05, 4.69) is 26.6 Å². The van der Waals surface area contributed by atoms with Crippen LogP contribution in [0.1, 0.15) is 40.1 Å². The van der Waals surface area contributed by atoms with E-state index in [4.69, 9.17) is 0 Å². The summed E-state index contributed by atoms with van der Waals surface area (Å²) in [6, 6.07) is 12.5. The van der Waals surface area contributed by atoms with Crippen molar-refractivity contribution < 1.29 is 9.59 Å². The van der Waals surface area contributed by atoms with Crippen LogP contribution >= 0.6 is 15.9 Å². The van der Waals surface area contributed by atoms with Crippen molar-refractivity contribution in [3.05, 3.63) is 63.6 Å². The monoisotopic (exact) mass is 388 g/mol. The van der Waals surface area contributed by atoms with Crippen molar-refractivity contribution in [1.29, 1.82) is 0 Å². The lowest BCUT2D eigenvalue weighted by atomic mass is 10.1. The maximum absolute atomic E-state index is 12.4. The van der Waals surface area contributed by atoms with Crippen LogP contribution < -0.4 is 10.6 Å². The molecule has 0 radical (unpaired) electrons. The molecule has 0 fully saturated rings. The van der Waals surface area contributed by atoms with Gasteiger partial charge in [-0.2, -0.15) is 0 Å². The standard InChI is InChI=1S/C19H21BrN2O2/c1-12(2)11-21-18(23)14-8-9-17(13(3)10-14)22-19(24)15-6-4-5-7-16(15)20/h4-10,12H,11H2,1-3H3,(H,21,23)(H,22,24). The number of hydrogen-bond acceptors (Lipinski definition) is 2. The molecule has 2 aromatic carbocycles. The minimum atomic E-state index is -0.192. The Morgan fingerprint density at radius 2 is 1.79 bits per heavy atom. The van der Waals surface area contributed by atoms with Gasteiger partial charge in [0, 0.05) is 22.3 Å². The minimum absolute atomic E-state index is 0.101. The van der Waals surface area contributed by atoms with Crippen LogP contribution in [0.3, 0.4) is 0 Å². The number of rotatable bonds is 5. The fourth-order valence-electron chi connectivity index (χ4n) is 2.18. The van der Waals surface area contributed by atoms with Gasteiger partial charge in [-0.25, -0.2) is 0 Å². The fourth-order valence-corrected chi connectivity index (χ4v) is 2.64. The van der Waals surface area contributed by atoms with Crippen LogP contribution in [0, 0.1) is 12.8 Å². The number of carbonyl (C=O) groups is 2. The molecule has 0 bridgehead atoms. The van der Waals surface area contributed by atoms with Gasteiger partial charge in [0.2, 0.25) is 0 Å². The summed E-state index contributed by atoms with van der Waals surface area (Å²) in [6.45, 7) is 6.60. The maximum atomic E-state index is 12.4. The molecule has 2 aromatic rings. The van der Waals surface area contributed by atoms with Gasteiger partial charge in [-0.1, -0.05) is 26.0 Å². The Labute approximate surface area is 150 Å². The Morgan fingerprint density at radius 3 is 2.42 bits per heavy atom. The van der Waals surface area contributed by atoms with E-state index in [-0.39, 0.29) is 11.8 Å². The second-order valence-electron chi connectivity index (χ2n) is 6.07. The van der Waals surface area contributed by atoms with E-state index in [1.807, 2.05) is 39.0 Å². The third-order valence-electron chi connectivity index (χ3n) is 3.53. The highest BCUT2D eigenvalue weighted by Crippen LogP contribution is 2.21. The number of hydrogen-bond donors (Lipinski definition) is 2. The third-order valence-corrected chi connectivity index (χ3v) is 4.22. The molecule has 0 aromatic heterocycles. The zero-order valence-corrected chi connectivity index (χ0v) is 15.6. The second-order valence-corrected chi connectivity index (χ2v) is 6.92. The lowest BCUT2D eigenvalue weighted by Crippen LogP contribution is -2.27. The van der Waals surface area contributed by atoms with Crippen LogP contribution in [-0.4, -0.2) is 18.4 Å². The summed E-state index contributed by atoms with van der Waals surface area (Å²) in [5, 5.41) is 5.77. The van der Waals surface area contributed by atoms with Crippen molar-refractivity contribution >= 4 is 33.4 Å². The molecule has 0 aliphatic rings. The molecule has 0 saturated heterocycles. The highest BCUT2D eigenvalue weighted by molar-refractivity contribution is 9.10. The quantitative estimate of drug-likeness (QED) is 0.797. The van der Waals surface area contributed by atoms with Crippen molar-refractivity contribution in [1.82, 2.24) is 5.32 Å². The molecule has 0 heterocycles. The molecule has 0 atom stereocenters. The van der Waals surface area contributed by atoms with Crippen LogP contribution in [0.2, 0.25) is 0 Å². The molecule has 24 heavy (non-hydrogen) atoms. The lowest BCUT2D eigenvalue weighted by Gasteiger charge is -2.12. The van der Waals surface area contributed by atoms with Crippen LogP contribution in [0.15, 0.2) is 46.9 Å². The van der Waals surface area contributed by atoms with Gasteiger partial charge in [-0.15, -0.1) is 0 Å². The molecule has 2 amide bonds. The summed E-state index contributed by atoms with van der Waals surface area (Å²) in [5.74, 6) is 0.107. The highest BCUT2D eigenvalue weighted by Gasteiger charge is 2.12. The maximum Gasteiger partial charge on any atom is 0.256 e. The van der Waals surface area contributed by atoms with Crippen molar-refractivity contribution in [2.45, 2.75) is 20.8 Å². The van der Waals surface area contributed by atoms with E-state index in [1.54, 1.807) is 24.3 Å². The van der Waals surface area contributed by atoms with Gasteiger partial charge < -0.3 is 10.6 Å². The smallest absolute Gasteiger partial charge is 0.256 e. The van der Waals surface area contributed by atoms with E-state index < -0.39 is 0 Å². The van der Waals surface area contributed by atoms with Gasteiger partial charge in [-0.3, -0.25) is 9.59 Å². The van der Waals surface area contributed by atoms with Crippen LogP contribution in [0.4, 0.5) is 5.69 Å². The summed E-state index contributed by atoms with van der Waals surface area (Å²) in [4.78, 5) is 24.5. The predicted molar refractivity (Wildman–Crippen MR) is 100 cm³/mol. The molecule has 0 aliphatic heterocycles. The topological polar surface area (TPSA) is 58.2 Å². The molecule has 4 nitrogen and oxygen atoms in total. The number of aryl methyl sites for hydroxylation is 1. The summed E-state index contributed by atoms with van der Waals surface area (Å²) in [5.41, 5.74) is 2.69. The summed E-state index contributed by atoms with van der Waals surface area (Å²) < 4.78 is 0.741. The average molecular weight is 389 g/mol. The van der Waals surface area contributed by atoms with Crippen molar-refractivity contribution in [2.75, 3.05) is 11.9 Å². The molecule has 0 saturated carbocycles. The Morgan fingerprint density at radius 1 is 1.08 bits per heavy atom. The first-order chi connectivity index (χ1) is 11.4. The first-order valence-electron chi connectivity index (χ1n) is 7.83. The van der Waals surface area contributed by atoms with E-state index >= 15 is 0 Å². The molecule has 5 heteroatoms. The number of nitrogens with one attached hydrogen (secondary N) is 2. The average Bonchev–Trinajstić information content (AvgIpc) is 2.54. The Bertz CT molecular complexity index is 757. The molecule has 0 spiro atoms. The molecular weight excluding hydrogens is 368 g/mol. The summed E-state index contributed by atoms with van der Waals surface area (Å²) >= 11 is 3.37. The number of amides is 2. The van der Waals surface area contributed by atoms with Gasteiger partial charge in [0.1, 0.15) is 0 Å². The van der Waals surface area contributed by atoms with Crippen LogP contribution in [0.25, 0.3) is 0 Å². The summed E-state index contributed by atoms with van der Waals surface area (Å²) in [7, 11) is 0. The highest BCUT2D eigenvalue weighted by atomic mass is 79.9. The zero-order valence-electron chi connectivity index (χ0n) is 14.0. The SMILES string of the molecule is Cc1cc(C(=O)NCC(C)C)ccc1NC(=O)c1ccccc1Br. The Hall–Kier alpha value is -2.14. The Balaban J connectivity index is 2.11. The van der Waals surface area contributed by atoms with Gasteiger partial charge in [0.15, 0.2) is 0 Å². The fraction of sp³-hybridized carbons (Fsp3) is 0.263.